The zero-order valence-electron chi connectivity index (χ0n) is 13.5. The molecule has 1 rings (SSSR count). The molecule has 0 aliphatic rings. The Labute approximate surface area is 135 Å². The van der Waals surface area contributed by atoms with Crippen molar-refractivity contribution in [3.05, 3.63) is 35.9 Å². The van der Waals surface area contributed by atoms with E-state index in [0.717, 1.165) is 10.5 Å². The van der Waals surface area contributed by atoms with E-state index in [4.69, 9.17) is 9.84 Å². The highest BCUT2D eigenvalue weighted by atomic mass is 16.6. The summed E-state index contributed by atoms with van der Waals surface area (Å²) in [5.74, 6) is -1.61. The summed E-state index contributed by atoms with van der Waals surface area (Å²) in [5, 5.41) is 11.3. The van der Waals surface area contributed by atoms with Crippen LogP contribution >= 0.6 is 0 Å². The first-order valence-corrected chi connectivity index (χ1v) is 7.27. The summed E-state index contributed by atoms with van der Waals surface area (Å²) in [6.07, 6.45) is -0.783. The van der Waals surface area contributed by atoms with Crippen molar-refractivity contribution in [2.75, 3.05) is 13.6 Å². The van der Waals surface area contributed by atoms with E-state index in [0.29, 0.717) is 0 Å². The largest absolute Gasteiger partial charge is 0.480 e. The number of amides is 2. The smallest absolute Gasteiger partial charge is 0.408 e. The molecule has 2 N–H and O–H groups in total. The van der Waals surface area contributed by atoms with Crippen molar-refractivity contribution in [2.24, 2.45) is 0 Å². The first kappa shape index (κ1) is 18.5. The Morgan fingerprint density at radius 3 is 2.35 bits per heavy atom. The fourth-order valence-corrected chi connectivity index (χ4v) is 1.99. The third kappa shape index (κ3) is 6.82. The summed E-state index contributed by atoms with van der Waals surface area (Å²) in [7, 11) is 1.38. The number of nitrogens with zero attached hydrogens (tertiary/aromatic N) is 1. The van der Waals surface area contributed by atoms with E-state index in [1.54, 1.807) is 13.8 Å². The molecule has 0 saturated heterocycles. The molecular weight excluding hydrogens is 300 g/mol. The molecule has 7 nitrogen and oxygen atoms in total. The van der Waals surface area contributed by atoms with Gasteiger partial charge in [0.05, 0.1) is 6.10 Å². The number of ether oxygens (including phenoxy) is 1. The van der Waals surface area contributed by atoms with Gasteiger partial charge in [0, 0.05) is 13.5 Å². The second kappa shape index (κ2) is 8.77. The van der Waals surface area contributed by atoms with Gasteiger partial charge in [-0.1, -0.05) is 30.3 Å². The second-order valence-corrected chi connectivity index (χ2v) is 5.43. The van der Waals surface area contributed by atoms with Gasteiger partial charge >= 0.3 is 12.1 Å². The quantitative estimate of drug-likeness (QED) is 0.788. The van der Waals surface area contributed by atoms with Gasteiger partial charge in [0.25, 0.3) is 0 Å². The average molecular weight is 322 g/mol. The Hall–Kier alpha value is -2.57. The van der Waals surface area contributed by atoms with Crippen LogP contribution < -0.4 is 5.32 Å². The van der Waals surface area contributed by atoms with Crippen LogP contribution in [0, 0.1) is 0 Å². The van der Waals surface area contributed by atoms with Crippen LogP contribution in [0.1, 0.15) is 19.4 Å². The number of alkyl carbamates (subject to hydrolysis) is 1. The summed E-state index contributed by atoms with van der Waals surface area (Å²) in [6, 6.07) is 8.25. The average Bonchev–Trinajstić information content (AvgIpc) is 2.45. The van der Waals surface area contributed by atoms with Gasteiger partial charge in [0.1, 0.15) is 12.6 Å². The molecule has 0 aliphatic heterocycles. The lowest BCUT2D eigenvalue weighted by Crippen LogP contribution is -2.50. The second-order valence-electron chi connectivity index (χ2n) is 5.43. The van der Waals surface area contributed by atoms with Crippen molar-refractivity contribution >= 4 is 18.0 Å². The van der Waals surface area contributed by atoms with Crippen molar-refractivity contribution in [3.63, 3.8) is 0 Å². The highest BCUT2D eigenvalue weighted by Gasteiger charge is 2.26. The van der Waals surface area contributed by atoms with E-state index in [1.165, 1.54) is 7.05 Å². The highest BCUT2D eigenvalue weighted by Crippen LogP contribution is 2.06. The van der Waals surface area contributed by atoms with Gasteiger partial charge in [-0.25, -0.2) is 4.79 Å². The molecule has 0 heterocycles. The molecule has 23 heavy (non-hydrogen) atoms. The van der Waals surface area contributed by atoms with E-state index in [1.807, 2.05) is 30.3 Å². The maximum Gasteiger partial charge on any atom is 0.408 e. The Kier molecular flexibility index (Phi) is 7.05. The van der Waals surface area contributed by atoms with Crippen molar-refractivity contribution in [3.8, 4) is 0 Å². The number of carboxylic acid groups (broad SMARTS) is 1. The SMILES string of the molecule is CC(C)OC(=O)N[C@@H](Cc1ccccc1)C(=O)N(C)CC(=O)O. The maximum absolute atomic E-state index is 12.4. The number of hydrogen-bond donors (Lipinski definition) is 2. The molecule has 0 spiro atoms. The molecule has 0 aliphatic carbocycles. The predicted molar refractivity (Wildman–Crippen MR) is 84.0 cm³/mol. The minimum absolute atomic E-state index is 0.247. The molecule has 0 aromatic heterocycles. The number of benzene rings is 1. The monoisotopic (exact) mass is 322 g/mol. The van der Waals surface area contributed by atoms with E-state index >= 15 is 0 Å². The number of carboxylic acids is 1. The van der Waals surface area contributed by atoms with Crippen LogP contribution in [-0.4, -0.2) is 53.7 Å². The highest BCUT2D eigenvalue weighted by molar-refractivity contribution is 5.88. The lowest BCUT2D eigenvalue weighted by Gasteiger charge is -2.23. The lowest BCUT2D eigenvalue weighted by molar-refractivity contribution is -0.144. The molecule has 0 radical (unpaired) electrons. The molecule has 2 amide bonds. The number of rotatable bonds is 7. The number of likely N-dealkylation sites (N-methyl/N-ethyl adjacent to an activating group) is 1. The Morgan fingerprint density at radius 1 is 1.22 bits per heavy atom. The Bertz CT molecular complexity index is 545. The van der Waals surface area contributed by atoms with Gasteiger partial charge < -0.3 is 20.1 Å². The molecule has 1 atom stereocenters. The predicted octanol–water partition coefficient (Wildman–Crippen LogP) is 1.28. The number of hydrogen-bond acceptors (Lipinski definition) is 4. The van der Waals surface area contributed by atoms with Crippen molar-refractivity contribution in [2.45, 2.75) is 32.4 Å². The molecule has 0 saturated carbocycles. The molecule has 0 unspecified atom stereocenters. The fraction of sp³-hybridized carbons (Fsp3) is 0.438. The van der Waals surface area contributed by atoms with E-state index in [9.17, 15) is 14.4 Å². The third-order valence-corrected chi connectivity index (χ3v) is 2.96. The number of aliphatic carboxylic acids is 1. The summed E-state index contributed by atoms with van der Waals surface area (Å²) in [6.45, 7) is 2.96. The topological polar surface area (TPSA) is 95.9 Å². The maximum atomic E-state index is 12.4. The standard InChI is InChI=1S/C16H22N2O5/c1-11(2)23-16(22)17-13(9-12-7-5-4-6-8-12)15(21)18(3)10-14(19)20/h4-8,11,13H,9-10H2,1-3H3,(H,17,22)(H,19,20)/t13-/m0/s1. The lowest BCUT2D eigenvalue weighted by atomic mass is 10.1. The Balaban J connectivity index is 2.84. The van der Waals surface area contributed by atoms with Gasteiger partial charge in [-0.2, -0.15) is 0 Å². The van der Waals surface area contributed by atoms with Crippen LogP contribution in [0.2, 0.25) is 0 Å². The van der Waals surface area contributed by atoms with Gasteiger partial charge in [0.2, 0.25) is 5.91 Å². The normalized spacial score (nSPS) is 11.7. The zero-order valence-corrected chi connectivity index (χ0v) is 13.5. The molecule has 0 bridgehead atoms. The summed E-state index contributed by atoms with van der Waals surface area (Å²) in [4.78, 5) is 36.0. The molecular formula is C16H22N2O5. The first-order chi connectivity index (χ1) is 10.8. The number of nitrogens with one attached hydrogen (secondary N) is 1. The minimum atomic E-state index is -1.12. The van der Waals surface area contributed by atoms with Crippen LogP contribution in [0.15, 0.2) is 30.3 Å². The van der Waals surface area contributed by atoms with Crippen LogP contribution in [0.5, 0.6) is 0 Å². The molecule has 1 aromatic rings. The van der Waals surface area contributed by atoms with E-state index in [-0.39, 0.29) is 12.5 Å². The fourth-order valence-electron chi connectivity index (χ4n) is 1.99. The van der Waals surface area contributed by atoms with Crippen molar-refractivity contribution < 1.29 is 24.2 Å². The first-order valence-electron chi connectivity index (χ1n) is 7.27. The minimum Gasteiger partial charge on any atom is -0.480 e. The van der Waals surface area contributed by atoms with Crippen LogP contribution in [-0.2, 0) is 20.7 Å². The Morgan fingerprint density at radius 2 is 1.83 bits per heavy atom. The van der Waals surface area contributed by atoms with Gasteiger partial charge in [-0.05, 0) is 19.4 Å². The van der Waals surface area contributed by atoms with Crippen LogP contribution in [0.4, 0.5) is 4.79 Å². The number of carbonyl (C=O) groups is 3. The summed E-state index contributed by atoms with van der Waals surface area (Å²) < 4.78 is 4.99. The van der Waals surface area contributed by atoms with Crippen molar-refractivity contribution in [1.29, 1.82) is 0 Å². The molecule has 7 heteroatoms. The molecule has 1 aromatic carbocycles. The summed E-state index contributed by atoms with van der Waals surface area (Å²) in [5.41, 5.74) is 0.847. The summed E-state index contributed by atoms with van der Waals surface area (Å²) >= 11 is 0. The van der Waals surface area contributed by atoms with Crippen LogP contribution in [0.3, 0.4) is 0 Å². The van der Waals surface area contributed by atoms with Crippen LogP contribution in [0.25, 0.3) is 0 Å². The van der Waals surface area contributed by atoms with Gasteiger partial charge in [-0.3, -0.25) is 9.59 Å². The van der Waals surface area contributed by atoms with Crippen molar-refractivity contribution in [1.82, 2.24) is 10.2 Å². The molecule has 0 fully saturated rings. The van der Waals surface area contributed by atoms with Gasteiger partial charge in [-0.15, -0.1) is 0 Å². The van der Waals surface area contributed by atoms with E-state index in [2.05, 4.69) is 5.32 Å². The number of carbonyl (C=O) groups excluding carboxylic acids is 2. The molecule has 126 valence electrons. The van der Waals surface area contributed by atoms with Gasteiger partial charge in [0.15, 0.2) is 0 Å². The third-order valence-electron chi connectivity index (χ3n) is 2.96. The van der Waals surface area contributed by atoms with E-state index < -0.39 is 30.6 Å². The zero-order chi connectivity index (χ0) is 17.4.